The van der Waals surface area contributed by atoms with Crippen molar-refractivity contribution in [3.63, 3.8) is 0 Å². The Hall–Kier alpha value is -3.11. The lowest BCUT2D eigenvalue weighted by molar-refractivity contribution is -0.121. The van der Waals surface area contributed by atoms with Crippen LogP contribution in [0.25, 0.3) is 0 Å². The minimum absolute atomic E-state index is 0.00786. The molecule has 0 saturated carbocycles. The number of nitrogens with one attached hydrogen (secondary N) is 1. The average molecular weight is 528 g/mol. The van der Waals surface area contributed by atoms with E-state index >= 15 is 0 Å². The third kappa shape index (κ3) is 8.44. The monoisotopic (exact) mass is 527 g/mol. The molecule has 0 unspecified atom stereocenters. The summed E-state index contributed by atoms with van der Waals surface area (Å²) in [5, 5.41) is 3.27. The van der Waals surface area contributed by atoms with E-state index in [1.54, 1.807) is 0 Å². The zero-order valence-electron chi connectivity index (χ0n) is 24.0. The maximum absolute atomic E-state index is 13.3. The van der Waals surface area contributed by atoms with Crippen LogP contribution in [0.3, 0.4) is 0 Å². The Morgan fingerprint density at radius 2 is 1.49 bits per heavy atom. The van der Waals surface area contributed by atoms with Crippen molar-refractivity contribution in [3.05, 3.63) is 102 Å². The van der Waals surface area contributed by atoms with Crippen molar-refractivity contribution >= 4 is 5.91 Å². The average Bonchev–Trinajstić information content (AvgIpc) is 2.95. The van der Waals surface area contributed by atoms with Crippen LogP contribution in [-0.2, 0) is 9.53 Å². The third-order valence-electron chi connectivity index (χ3n) is 7.92. The molecule has 4 rings (SSSR count). The molecule has 4 nitrogen and oxygen atoms in total. The summed E-state index contributed by atoms with van der Waals surface area (Å²) >= 11 is 0. The second-order valence-electron chi connectivity index (χ2n) is 11.5. The molecule has 4 heteroatoms. The zero-order valence-corrected chi connectivity index (χ0v) is 24.0. The van der Waals surface area contributed by atoms with Crippen LogP contribution in [0.2, 0.25) is 0 Å². The van der Waals surface area contributed by atoms with Crippen LogP contribution in [-0.4, -0.2) is 31.3 Å². The summed E-state index contributed by atoms with van der Waals surface area (Å²) < 4.78 is 11.9. The van der Waals surface area contributed by atoms with Gasteiger partial charge in [-0.05, 0) is 79.7 Å². The molecule has 1 saturated heterocycles. The van der Waals surface area contributed by atoms with E-state index in [9.17, 15) is 4.79 Å². The van der Waals surface area contributed by atoms with E-state index in [0.29, 0.717) is 36.8 Å². The first kappa shape index (κ1) is 28.9. The standard InChI is InChI=1S/C35H45NO3/c1-25(2)34-23-30(20-22-38-34)32(27-11-7-5-8-12-27)19-21-36-35(37)24-33(28-13-9-6-10-14-28)29-15-17-31(18-16-29)39-26(3)4/h5-18,25-26,30,32-34H,19-24H2,1-4H3,(H,36,37)/t30-,32-,33-,34+/m1/s1. The van der Waals surface area contributed by atoms with Crippen LogP contribution in [0.15, 0.2) is 84.9 Å². The van der Waals surface area contributed by atoms with Crippen LogP contribution in [0.4, 0.5) is 0 Å². The van der Waals surface area contributed by atoms with Gasteiger partial charge in [-0.15, -0.1) is 0 Å². The van der Waals surface area contributed by atoms with E-state index in [0.717, 1.165) is 42.7 Å². The molecule has 0 radical (unpaired) electrons. The molecule has 0 bridgehead atoms. The quantitative estimate of drug-likeness (QED) is 0.262. The molecule has 0 spiro atoms. The molecular formula is C35H45NO3. The Bertz CT molecular complexity index is 1130. The van der Waals surface area contributed by atoms with Gasteiger partial charge in [-0.25, -0.2) is 0 Å². The lowest BCUT2D eigenvalue weighted by atomic mass is 9.76. The maximum atomic E-state index is 13.3. The molecule has 0 aromatic heterocycles. The number of amides is 1. The summed E-state index contributed by atoms with van der Waals surface area (Å²) in [6.45, 7) is 10.0. The fourth-order valence-corrected chi connectivity index (χ4v) is 5.85. The minimum Gasteiger partial charge on any atom is -0.491 e. The van der Waals surface area contributed by atoms with Gasteiger partial charge in [-0.3, -0.25) is 4.79 Å². The van der Waals surface area contributed by atoms with Gasteiger partial charge in [0.25, 0.3) is 0 Å². The normalized spacial score (nSPS) is 19.0. The van der Waals surface area contributed by atoms with Crippen molar-refractivity contribution in [1.82, 2.24) is 5.32 Å². The van der Waals surface area contributed by atoms with Gasteiger partial charge >= 0.3 is 0 Å². The Labute approximate surface area is 235 Å². The Morgan fingerprint density at radius 1 is 0.872 bits per heavy atom. The minimum atomic E-state index is -0.00786. The number of carbonyl (C=O) groups excluding carboxylic acids is 1. The number of hydrogen-bond donors (Lipinski definition) is 1. The largest absolute Gasteiger partial charge is 0.491 e. The van der Waals surface area contributed by atoms with Gasteiger partial charge in [-0.1, -0.05) is 86.6 Å². The van der Waals surface area contributed by atoms with Crippen molar-refractivity contribution < 1.29 is 14.3 Å². The number of ether oxygens (including phenoxy) is 2. The van der Waals surface area contributed by atoms with E-state index < -0.39 is 0 Å². The number of benzene rings is 3. The van der Waals surface area contributed by atoms with Gasteiger partial charge in [-0.2, -0.15) is 0 Å². The number of carbonyl (C=O) groups is 1. The second-order valence-corrected chi connectivity index (χ2v) is 11.5. The molecule has 1 N–H and O–H groups in total. The Morgan fingerprint density at radius 3 is 2.10 bits per heavy atom. The van der Waals surface area contributed by atoms with Crippen molar-refractivity contribution in [2.24, 2.45) is 11.8 Å². The van der Waals surface area contributed by atoms with Crippen LogP contribution < -0.4 is 10.1 Å². The first-order valence-corrected chi connectivity index (χ1v) is 14.7. The molecule has 3 aromatic carbocycles. The summed E-state index contributed by atoms with van der Waals surface area (Å²) in [6, 6.07) is 29.3. The van der Waals surface area contributed by atoms with Crippen LogP contribution in [0.1, 0.15) is 81.9 Å². The van der Waals surface area contributed by atoms with Gasteiger partial charge in [0.05, 0.1) is 12.2 Å². The maximum Gasteiger partial charge on any atom is 0.220 e. The van der Waals surface area contributed by atoms with Gasteiger partial charge < -0.3 is 14.8 Å². The van der Waals surface area contributed by atoms with Gasteiger partial charge in [0.15, 0.2) is 0 Å². The molecule has 1 aliphatic heterocycles. The highest BCUT2D eigenvalue weighted by Gasteiger charge is 2.31. The number of rotatable bonds is 12. The summed E-state index contributed by atoms with van der Waals surface area (Å²) in [5.41, 5.74) is 3.64. The molecule has 1 heterocycles. The fourth-order valence-electron chi connectivity index (χ4n) is 5.85. The highest BCUT2D eigenvalue weighted by molar-refractivity contribution is 5.77. The van der Waals surface area contributed by atoms with E-state index in [1.165, 1.54) is 5.56 Å². The molecule has 3 aromatic rings. The smallest absolute Gasteiger partial charge is 0.220 e. The van der Waals surface area contributed by atoms with Crippen LogP contribution >= 0.6 is 0 Å². The Kier molecular flexibility index (Phi) is 10.6. The summed E-state index contributed by atoms with van der Waals surface area (Å²) in [7, 11) is 0. The summed E-state index contributed by atoms with van der Waals surface area (Å²) in [6.07, 6.45) is 3.94. The molecule has 208 valence electrons. The molecule has 4 atom stereocenters. The SMILES string of the molecule is CC(C)Oc1ccc([C@H](CC(=O)NCC[C@H](c2ccccc2)[C@@H]2CCO[C@H](C(C)C)C2)c2ccccc2)cc1. The van der Waals surface area contributed by atoms with Gasteiger partial charge in [0.1, 0.15) is 5.75 Å². The Balaban J connectivity index is 1.42. The lowest BCUT2D eigenvalue weighted by Gasteiger charge is -2.37. The van der Waals surface area contributed by atoms with Gasteiger partial charge in [0, 0.05) is 25.5 Å². The first-order valence-electron chi connectivity index (χ1n) is 14.7. The van der Waals surface area contributed by atoms with Crippen molar-refractivity contribution in [2.75, 3.05) is 13.2 Å². The van der Waals surface area contributed by atoms with E-state index in [1.807, 2.05) is 44.2 Å². The zero-order chi connectivity index (χ0) is 27.6. The van der Waals surface area contributed by atoms with E-state index in [4.69, 9.17) is 9.47 Å². The van der Waals surface area contributed by atoms with E-state index in [-0.39, 0.29) is 17.9 Å². The molecule has 0 aliphatic carbocycles. The second kappa shape index (κ2) is 14.3. The highest BCUT2D eigenvalue weighted by Crippen LogP contribution is 2.38. The third-order valence-corrected chi connectivity index (χ3v) is 7.92. The lowest BCUT2D eigenvalue weighted by Crippen LogP contribution is -2.34. The molecule has 1 amide bonds. The van der Waals surface area contributed by atoms with Crippen molar-refractivity contribution in [2.45, 2.75) is 77.4 Å². The predicted molar refractivity (Wildman–Crippen MR) is 159 cm³/mol. The molecule has 39 heavy (non-hydrogen) atoms. The molecule has 1 fully saturated rings. The van der Waals surface area contributed by atoms with E-state index in [2.05, 4.69) is 73.8 Å². The van der Waals surface area contributed by atoms with Gasteiger partial charge in [0.2, 0.25) is 5.91 Å². The summed E-state index contributed by atoms with van der Waals surface area (Å²) in [4.78, 5) is 13.3. The van der Waals surface area contributed by atoms with Crippen molar-refractivity contribution in [3.8, 4) is 5.75 Å². The fraction of sp³-hybridized carbons (Fsp3) is 0.457. The predicted octanol–water partition coefficient (Wildman–Crippen LogP) is 7.74. The highest BCUT2D eigenvalue weighted by atomic mass is 16.5. The first-order chi connectivity index (χ1) is 18.9. The van der Waals surface area contributed by atoms with Crippen molar-refractivity contribution in [1.29, 1.82) is 0 Å². The molecule has 1 aliphatic rings. The number of hydrogen-bond acceptors (Lipinski definition) is 3. The summed E-state index contributed by atoms with van der Waals surface area (Å²) in [5.74, 6) is 2.43. The van der Waals surface area contributed by atoms with Crippen LogP contribution in [0.5, 0.6) is 5.75 Å². The van der Waals surface area contributed by atoms with Crippen LogP contribution in [0, 0.1) is 11.8 Å². The molecular weight excluding hydrogens is 482 g/mol. The topological polar surface area (TPSA) is 47.6 Å².